The van der Waals surface area contributed by atoms with Gasteiger partial charge in [-0.1, -0.05) is 18.2 Å². The topological polar surface area (TPSA) is 64.6 Å². The molecule has 5 nitrogen and oxygen atoms in total. The third-order valence-corrected chi connectivity index (χ3v) is 3.46. The van der Waals surface area contributed by atoms with E-state index in [0.717, 1.165) is 5.56 Å². The average Bonchev–Trinajstić information content (AvgIpc) is 2.67. The van der Waals surface area contributed by atoms with Gasteiger partial charge in [-0.15, -0.1) is 12.3 Å². The molecule has 2 aromatic rings. The zero-order chi connectivity index (χ0) is 18.8. The second kappa shape index (κ2) is 9.70. The first-order chi connectivity index (χ1) is 12.7. The van der Waals surface area contributed by atoms with E-state index >= 15 is 0 Å². The summed E-state index contributed by atoms with van der Waals surface area (Å²) in [5.41, 5.74) is 1.65. The summed E-state index contributed by atoms with van der Waals surface area (Å²) in [6.45, 7) is 0.403. The fraction of sp³-hybridized carbons (Fsp3) is 0.143. The van der Waals surface area contributed by atoms with Gasteiger partial charge in [-0.2, -0.15) is 0 Å². The number of anilines is 1. The van der Waals surface area contributed by atoms with Crippen LogP contribution in [0.25, 0.3) is 6.08 Å². The molecule has 0 fully saturated rings. The number of rotatable bonds is 8. The lowest BCUT2D eigenvalue weighted by Gasteiger charge is -2.10. The third-order valence-electron chi connectivity index (χ3n) is 3.46. The number of hydrogen-bond donors (Lipinski definition) is 1. The highest BCUT2D eigenvalue weighted by atomic mass is 16.5. The average molecular weight is 349 g/mol. The molecule has 2 aromatic carbocycles. The van der Waals surface area contributed by atoms with Crippen LogP contribution in [0.15, 0.2) is 48.5 Å². The number of nitrogens with one attached hydrogen (secondary N) is 1. The number of amides is 1. The predicted molar refractivity (Wildman–Crippen MR) is 101 cm³/mol. The van der Waals surface area contributed by atoms with Crippen LogP contribution in [0.1, 0.15) is 22.3 Å². The minimum absolute atomic E-state index is 0.340. The Bertz CT molecular complexity index is 849. The van der Waals surface area contributed by atoms with Crippen LogP contribution in [0.5, 0.6) is 11.5 Å². The highest BCUT2D eigenvalue weighted by Crippen LogP contribution is 2.28. The standard InChI is InChI=1S/C21H19NO4/c1-3-4-13-26-19-11-9-16(14-20(19)25-2)10-12-21(24)22-18-8-6-5-7-17(18)15-23/h1,5-12,14-15H,4,13H2,2H3,(H,22,24)/b12-10+. The predicted octanol–water partition coefficient (Wildman–Crippen LogP) is 3.56. The molecule has 0 aromatic heterocycles. The van der Waals surface area contributed by atoms with Crippen LogP contribution in [0.2, 0.25) is 0 Å². The molecular weight excluding hydrogens is 330 g/mol. The maximum absolute atomic E-state index is 12.1. The van der Waals surface area contributed by atoms with Gasteiger partial charge in [0.15, 0.2) is 17.8 Å². The van der Waals surface area contributed by atoms with E-state index in [2.05, 4.69) is 11.2 Å². The number of carbonyl (C=O) groups excluding carboxylic acids is 2. The van der Waals surface area contributed by atoms with Gasteiger partial charge < -0.3 is 14.8 Å². The molecule has 26 heavy (non-hydrogen) atoms. The van der Waals surface area contributed by atoms with Crippen LogP contribution in [0, 0.1) is 12.3 Å². The number of benzene rings is 2. The lowest BCUT2D eigenvalue weighted by Crippen LogP contribution is -2.09. The van der Waals surface area contributed by atoms with Crippen LogP contribution in [-0.4, -0.2) is 25.9 Å². The van der Waals surface area contributed by atoms with E-state index in [4.69, 9.17) is 15.9 Å². The molecule has 0 spiro atoms. The van der Waals surface area contributed by atoms with Crippen LogP contribution < -0.4 is 14.8 Å². The molecule has 0 atom stereocenters. The molecule has 0 saturated carbocycles. The fourth-order valence-electron chi connectivity index (χ4n) is 2.19. The van der Waals surface area contributed by atoms with Gasteiger partial charge in [0, 0.05) is 18.1 Å². The van der Waals surface area contributed by atoms with E-state index in [0.29, 0.717) is 42.1 Å². The molecule has 5 heteroatoms. The van der Waals surface area contributed by atoms with Gasteiger partial charge in [0.1, 0.15) is 0 Å². The number of ether oxygens (including phenoxy) is 2. The Balaban J connectivity index is 2.06. The van der Waals surface area contributed by atoms with Gasteiger partial charge in [-0.3, -0.25) is 9.59 Å². The highest BCUT2D eigenvalue weighted by Gasteiger charge is 2.06. The zero-order valence-corrected chi connectivity index (χ0v) is 14.4. The van der Waals surface area contributed by atoms with E-state index in [1.807, 2.05) is 0 Å². The Morgan fingerprint density at radius 1 is 1.23 bits per heavy atom. The Kier molecular flexibility index (Phi) is 7.02. The summed E-state index contributed by atoms with van der Waals surface area (Å²) in [6, 6.07) is 12.1. The van der Waals surface area contributed by atoms with E-state index < -0.39 is 0 Å². The van der Waals surface area contributed by atoms with Gasteiger partial charge in [0.25, 0.3) is 0 Å². The normalized spacial score (nSPS) is 10.2. The lowest BCUT2D eigenvalue weighted by molar-refractivity contribution is -0.111. The first-order valence-corrected chi connectivity index (χ1v) is 7.95. The largest absolute Gasteiger partial charge is 0.493 e. The number of carbonyl (C=O) groups is 2. The second-order valence-electron chi connectivity index (χ2n) is 5.24. The van der Waals surface area contributed by atoms with Gasteiger partial charge in [0.2, 0.25) is 5.91 Å². The first kappa shape index (κ1) is 18.8. The zero-order valence-electron chi connectivity index (χ0n) is 14.4. The SMILES string of the molecule is C#CCCOc1ccc(/C=C/C(=O)Nc2ccccc2C=O)cc1OC. The van der Waals surface area contributed by atoms with Crippen molar-refractivity contribution in [2.75, 3.05) is 19.0 Å². The summed E-state index contributed by atoms with van der Waals surface area (Å²) < 4.78 is 10.8. The molecular formula is C21H19NO4. The van der Waals surface area contributed by atoms with Gasteiger partial charge in [0.05, 0.1) is 19.4 Å². The Labute approximate surface area is 152 Å². The first-order valence-electron chi connectivity index (χ1n) is 7.95. The minimum Gasteiger partial charge on any atom is -0.493 e. The minimum atomic E-state index is -0.340. The molecule has 2 rings (SSSR count). The third kappa shape index (κ3) is 5.25. The summed E-state index contributed by atoms with van der Waals surface area (Å²) in [7, 11) is 1.54. The Morgan fingerprint density at radius 3 is 2.77 bits per heavy atom. The van der Waals surface area contributed by atoms with Crippen molar-refractivity contribution in [1.82, 2.24) is 0 Å². The van der Waals surface area contributed by atoms with Crippen molar-refractivity contribution < 1.29 is 19.1 Å². The van der Waals surface area contributed by atoms with Crippen LogP contribution >= 0.6 is 0 Å². The Morgan fingerprint density at radius 2 is 2.04 bits per heavy atom. The molecule has 1 amide bonds. The van der Waals surface area contributed by atoms with E-state index in [1.165, 1.54) is 6.08 Å². The highest BCUT2D eigenvalue weighted by molar-refractivity contribution is 6.04. The summed E-state index contributed by atoms with van der Waals surface area (Å²) in [5.74, 6) is 3.30. The number of hydrogen-bond acceptors (Lipinski definition) is 4. The monoisotopic (exact) mass is 349 g/mol. The number of terminal acetylenes is 1. The van der Waals surface area contributed by atoms with Gasteiger partial charge in [-0.05, 0) is 35.9 Å². The van der Waals surface area contributed by atoms with Gasteiger partial charge in [-0.25, -0.2) is 0 Å². The smallest absolute Gasteiger partial charge is 0.248 e. The van der Waals surface area contributed by atoms with Crippen LogP contribution in [0.3, 0.4) is 0 Å². The number of para-hydroxylation sites is 1. The van der Waals surface area contributed by atoms with E-state index in [9.17, 15) is 9.59 Å². The molecule has 0 saturated heterocycles. The molecule has 0 aliphatic heterocycles. The van der Waals surface area contributed by atoms with Crippen molar-refractivity contribution in [2.24, 2.45) is 0 Å². The fourth-order valence-corrected chi connectivity index (χ4v) is 2.19. The van der Waals surface area contributed by atoms with E-state index in [-0.39, 0.29) is 5.91 Å². The van der Waals surface area contributed by atoms with Gasteiger partial charge >= 0.3 is 0 Å². The van der Waals surface area contributed by atoms with Crippen LogP contribution in [-0.2, 0) is 4.79 Å². The molecule has 132 valence electrons. The van der Waals surface area contributed by atoms with Crippen molar-refractivity contribution in [1.29, 1.82) is 0 Å². The summed E-state index contributed by atoms with van der Waals surface area (Å²) in [5, 5.41) is 2.67. The quantitative estimate of drug-likeness (QED) is 0.342. The number of methoxy groups -OCH3 is 1. The maximum Gasteiger partial charge on any atom is 0.248 e. The van der Waals surface area contributed by atoms with E-state index in [1.54, 1.807) is 55.7 Å². The van der Waals surface area contributed by atoms with Crippen molar-refractivity contribution >= 4 is 24.0 Å². The second-order valence-corrected chi connectivity index (χ2v) is 5.24. The molecule has 1 N–H and O–H groups in total. The van der Waals surface area contributed by atoms with Crippen molar-refractivity contribution in [2.45, 2.75) is 6.42 Å². The Hall–Kier alpha value is -3.52. The molecule has 0 heterocycles. The maximum atomic E-state index is 12.1. The van der Waals surface area contributed by atoms with Crippen LogP contribution in [0.4, 0.5) is 5.69 Å². The molecule has 0 radical (unpaired) electrons. The van der Waals surface area contributed by atoms with Crippen molar-refractivity contribution in [3.05, 3.63) is 59.7 Å². The van der Waals surface area contributed by atoms with Crippen molar-refractivity contribution in [3.63, 3.8) is 0 Å². The lowest BCUT2D eigenvalue weighted by atomic mass is 10.1. The summed E-state index contributed by atoms with van der Waals surface area (Å²) >= 11 is 0. The summed E-state index contributed by atoms with van der Waals surface area (Å²) in [6.07, 6.45) is 9.44. The molecule has 0 bridgehead atoms. The summed E-state index contributed by atoms with van der Waals surface area (Å²) in [4.78, 5) is 23.0. The van der Waals surface area contributed by atoms with Crippen molar-refractivity contribution in [3.8, 4) is 23.8 Å². The molecule has 0 aliphatic rings. The number of aldehydes is 1. The molecule has 0 unspecified atom stereocenters. The molecule has 0 aliphatic carbocycles.